The number of fused-ring (bicyclic) bond motifs is 1. The van der Waals surface area contributed by atoms with Crippen molar-refractivity contribution in [2.24, 2.45) is 0 Å². The van der Waals surface area contributed by atoms with E-state index in [1.807, 2.05) is 47.4 Å². The number of rotatable bonds is 5. The van der Waals surface area contributed by atoms with E-state index in [0.717, 1.165) is 23.1 Å². The van der Waals surface area contributed by atoms with E-state index >= 15 is 0 Å². The maximum absolute atomic E-state index is 12.8. The number of carbonyl (C=O) groups is 1. The summed E-state index contributed by atoms with van der Waals surface area (Å²) in [7, 11) is 0. The topological polar surface area (TPSA) is 72.8 Å². The Bertz CT molecular complexity index is 731. The second kappa shape index (κ2) is 7.68. The quantitative estimate of drug-likeness (QED) is 0.777. The number of amides is 1. The first-order valence-corrected chi connectivity index (χ1v) is 8.62. The highest BCUT2D eigenvalue weighted by molar-refractivity contribution is 5.80. The summed E-state index contributed by atoms with van der Waals surface area (Å²) in [5, 5.41) is 22.8. The molecule has 1 heterocycles. The summed E-state index contributed by atoms with van der Waals surface area (Å²) < 4.78 is 0. The van der Waals surface area contributed by atoms with E-state index in [9.17, 15) is 15.0 Å². The Morgan fingerprint density at radius 3 is 2.72 bits per heavy atom. The minimum Gasteiger partial charge on any atom is -0.508 e. The molecule has 1 amide bonds. The number of hydrogen-bond acceptors (Lipinski definition) is 4. The molecular weight excluding hydrogens is 316 g/mol. The lowest BCUT2D eigenvalue weighted by Gasteiger charge is -2.38. The normalized spacial score (nSPS) is 17.8. The van der Waals surface area contributed by atoms with Gasteiger partial charge in [-0.2, -0.15) is 0 Å². The fraction of sp³-hybridized carbons (Fsp3) is 0.350. The van der Waals surface area contributed by atoms with Gasteiger partial charge in [0.15, 0.2) is 0 Å². The Hall–Kier alpha value is -2.37. The first kappa shape index (κ1) is 17.5. The van der Waals surface area contributed by atoms with Crippen LogP contribution in [0.15, 0.2) is 48.5 Å². The molecule has 2 atom stereocenters. The molecule has 0 fully saturated rings. The molecule has 5 nitrogen and oxygen atoms in total. The number of phenols is 1. The van der Waals surface area contributed by atoms with Crippen molar-refractivity contribution < 1.29 is 15.0 Å². The van der Waals surface area contributed by atoms with Crippen LogP contribution in [-0.2, 0) is 11.2 Å². The third kappa shape index (κ3) is 3.83. The fourth-order valence-corrected chi connectivity index (χ4v) is 3.40. The molecule has 25 heavy (non-hydrogen) atoms. The van der Waals surface area contributed by atoms with E-state index in [-0.39, 0.29) is 24.2 Å². The second-order valence-corrected chi connectivity index (χ2v) is 6.48. The SMILES string of the molecule is C[C@@H](O)CNCC(=O)N1CCc2cccc(O)c2[C@@H]1c1ccccc1. The van der Waals surface area contributed by atoms with Gasteiger partial charge in [0, 0.05) is 18.7 Å². The molecule has 0 radical (unpaired) electrons. The lowest BCUT2D eigenvalue weighted by Crippen LogP contribution is -2.45. The average molecular weight is 340 g/mol. The number of aromatic hydroxyl groups is 1. The molecule has 0 saturated heterocycles. The molecule has 0 aliphatic carbocycles. The number of aliphatic hydroxyl groups is 1. The monoisotopic (exact) mass is 340 g/mol. The van der Waals surface area contributed by atoms with Crippen LogP contribution in [0.2, 0.25) is 0 Å². The van der Waals surface area contributed by atoms with E-state index < -0.39 is 6.10 Å². The van der Waals surface area contributed by atoms with Crippen molar-refractivity contribution in [3.05, 3.63) is 65.2 Å². The van der Waals surface area contributed by atoms with Crippen LogP contribution in [-0.4, -0.2) is 46.8 Å². The van der Waals surface area contributed by atoms with E-state index in [1.54, 1.807) is 13.0 Å². The number of phenolic OH excluding ortho intramolecular Hbond substituents is 1. The Balaban J connectivity index is 1.92. The van der Waals surface area contributed by atoms with Gasteiger partial charge in [0.2, 0.25) is 5.91 Å². The Morgan fingerprint density at radius 1 is 1.24 bits per heavy atom. The number of aliphatic hydroxyl groups excluding tert-OH is 1. The third-order valence-corrected chi connectivity index (χ3v) is 4.53. The van der Waals surface area contributed by atoms with Crippen LogP contribution in [0, 0.1) is 0 Å². The second-order valence-electron chi connectivity index (χ2n) is 6.48. The van der Waals surface area contributed by atoms with Gasteiger partial charge in [-0.3, -0.25) is 4.79 Å². The summed E-state index contributed by atoms with van der Waals surface area (Å²) in [6.45, 7) is 2.82. The largest absolute Gasteiger partial charge is 0.508 e. The molecular formula is C20H24N2O3. The van der Waals surface area contributed by atoms with Crippen LogP contribution in [0.5, 0.6) is 5.75 Å². The van der Waals surface area contributed by atoms with E-state index in [4.69, 9.17) is 0 Å². The summed E-state index contributed by atoms with van der Waals surface area (Å²) in [5.74, 6) is 0.184. The third-order valence-electron chi connectivity index (χ3n) is 4.53. The molecule has 2 aromatic rings. The summed E-state index contributed by atoms with van der Waals surface area (Å²) in [5.41, 5.74) is 2.87. The molecule has 0 bridgehead atoms. The molecule has 2 aromatic carbocycles. The first-order chi connectivity index (χ1) is 12.1. The number of carbonyl (C=O) groups excluding carboxylic acids is 1. The van der Waals surface area contributed by atoms with Gasteiger partial charge in [0.1, 0.15) is 5.75 Å². The van der Waals surface area contributed by atoms with E-state index in [1.165, 1.54) is 0 Å². The van der Waals surface area contributed by atoms with Gasteiger partial charge in [-0.1, -0.05) is 42.5 Å². The van der Waals surface area contributed by atoms with Crippen LogP contribution in [0.4, 0.5) is 0 Å². The zero-order valence-electron chi connectivity index (χ0n) is 14.4. The summed E-state index contributed by atoms with van der Waals surface area (Å²) >= 11 is 0. The molecule has 0 spiro atoms. The lowest BCUT2D eigenvalue weighted by atomic mass is 9.87. The minimum absolute atomic E-state index is 0.0385. The molecule has 132 valence electrons. The number of nitrogens with zero attached hydrogens (tertiary/aromatic N) is 1. The average Bonchev–Trinajstić information content (AvgIpc) is 2.61. The van der Waals surface area contributed by atoms with Crippen molar-refractivity contribution in [1.82, 2.24) is 10.2 Å². The maximum Gasteiger partial charge on any atom is 0.237 e. The lowest BCUT2D eigenvalue weighted by molar-refractivity contribution is -0.132. The van der Waals surface area contributed by atoms with E-state index in [2.05, 4.69) is 5.32 Å². The van der Waals surface area contributed by atoms with Crippen LogP contribution in [0.3, 0.4) is 0 Å². The standard InChI is InChI=1S/C20H24N2O3/c1-14(23)12-21-13-18(25)22-11-10-15-8-5-9-17(24)19(15)20(22)16-6-3-2-4-7-16/h2-9,14,20-21,23-24H,10-13H2,1H3/t14-,20+/m1/s1. The number of nitrogens with one attached hydrogen (secondary N) is 1. The highest BCUT2D eigenvalue weighted by Crippen LogP contribution is 2.39. The first-order valence-electron chi connectivity index (χ1n) is 8.62. The zero-order chi connectivity index (χ0) is 17.8. The Morgan fingerprint density at radius 2 is 2.00 bits per heavy atom. The van der Waals surface area contributed by atoms with Crippen molar-refractivity contribution in [3.63, 3.8) is 0 Å². The molecule has 5 heteroatoms. The molecule has 0 saturated carbocycles. The number of hydrogen-bond donors (Lipinski definition) is 3. The van der Waals surface area contributed by atoms with Gasteiger partial charge >= 0.3 is 0 Å². The highest BCUT2D eigenvalue weighted by atomic mass is 16.3. The predicted molar refractivity (Wildman–Crippen MR) is 96.4 cm³/mol. The van der Waals surface area contributed by atoms with Crippen LogP contribution >= 0.6 is 0 Å². The molecule has 3 N–H and O–H groups in total. The summed E-state index contributed by atoms with van der Waals surface area (Å²) in [6.07, 6.45) is 0.221. The maximum atomic E-state index is 12.8. The van der Waals surface area contributed by atoms with Gasteiger partial charge < -0.3 is 20.4 Å². The van der Waals surface area contributed by atoms with Crippen molar-refractivity contribution in [2.75, 3.05) is 19.6 Å². The van der Waals surface area contributed by atoms with Gasteiger partial charge in [-0.05, 0) is 30.5 Å². The van der Waals surface area contributed by atoms with E-state index in [0.29, 0.717) is 13.1 Å². The summed E-state index contributed by atoms with van der Waals surface area (Å²) in [4.78, 5) is 14.6. The van der Waals surface area contributed by atoms with Crippen LogP contribution < -0.4 is 5.32 Å². The van der Waals surface area contributed by atoms with Crippen molar-refractivity contribution in [3.8, 4) is 5.75 Å². The summed E-state index contributed by atoms with van der Waals surface area (Å²) in [6, 6.07) is 15.0. The van der Waals surface area contributed by atoms with Crippen LogP contribution in [0.1, 0.15) is 29.7 Å². The van der Waals surface area contributed by atoms with Gasteiger partial charge in [0.25, 0.3) is 0 Å². The van der Waals surface area contributed by atoms with Crippen molar-refractivity contribution >= 4 is 5.91 Å². The zero-order valence-corrected chi connectivity index (χ0v) is 14.4. The molecule has 0 aromatic heterocycles. The predicted octanol–water partition coefficient (Wildman–Crippen LogP) is 1.84. The smallest absolute Gasteiger partial charge is 0.237 e. The Labute approximate surface area is 147 Å². The molecule has 1 aliphatic heterocycles. The number of benzene rings is 2. The molecule has 1 aliphatic rings. The molecule has 3 rings (SSSR count). The van der Waals surface area contributed by atoms with Gasteiger partial charge in [-0.15, -0.1) is 0 Å². The van der Waals surface area contributed by atoms with Gasteiger partial charge in [-0.25, -0.2) is 0 Å². The van der Waals surface area contributed by atoms with Crippen molar-refractivity contribution in [2.45, 2.75) is 25.5 Å². The van der Waals surface area contributed by atoms with Gasteiger partial charge in [0.05, 0.1) is 18.7 Å². The van der Waals surface area contributed by atoms with Crippen LogP contribution in [0.25, 0.3) is 0 Å². The molecule has 0 unspecified atom stereocenters. The minimum atomic E-state index is -0.496. The highest BCUT2D eigenvalue weighted by Gasteiger charge is 2.33. The van der Waals surface area contributed by atoms with Crippen molar-refractivity contribution in [1.29, 1.82) is 0 Å². The fourth-order valence-electron chi connectivity index (χ4n) is 3.40. The Kier molecular flexibility index (Phi) is 5.36.